The van der Waals surface area contributed by atoms with Crippen molar-refractivity contribution in [2.75, 3.05) is 19.3 Å². The molecule has 3 heteroatoms. The number of piperidine rings is 1. The summed E-state index contributed by atoms with van der Waals surface area (Å²) >= 11 is 1.95. The van der Waals surface area contributed by atoms with E-state index in [1.54, 1.807) is 0 Å². The first-order chi connectivity index (χ1) is 4.72. The van der Waals surface area contributed by atoms with Crippen LogP contribution in [0.3, 0.4) is 0 Å². The highest BCUT2D eigenvalue weighted by Crippen LogP contribution is 2.52. The quantitative estimate of drug-likeness (QED) is 0.483. The summed E-state index contributed by atoms with van der Waals surface area (Å²) in [5.41, 5.74) is 0. The second-order valence-electron chi connectivity index (χ2n) is 3.21. The minimum Gasteiger partial charge on any atom is -0.346 e. The molecule has 0 aromatic carbocycles. The Balaban J connectivity index is 2.04. The Morgan fingerprint density at radius 3 is 2.90 bits per heavy atom. The number of amides is 1. The van der Waals surface area contributed by atoms with Crippen molar-refractivity contribution in [2.24, 2.45) is 0 Å². The van der Waals surface area contributed by atoms with Crippen LogP contribution < -0.4 is 0 Å². The maximum Gasteiger partial charge on any atom is 0.223 e. The van der Waals surface area contributed by atoms with Crippen molar-refractivity contribution < 1.29 is 4.79 Å². The molecule has 0 aromatic heterocycles. The van der Waals surface area contributed by atoms with Gasteiger partial charge in [0.05, 0.1) is 0 Å². The minimum atomic E-state index is 0.330. The SMILES string of the molecule is CN1CCC2(CS2)CC1=O. The zero-order valence-electron chi connectivity index (χ0n) is 6.09. The molecule has 1 atom stereocenters. The molecule has 2 heterocycles. The topological polar surface area (TPSA) is 20.3 Å². The van der Waals surface area contributed by atoms with Gasteiger partial charge in [-0.2, -0.15) is 11.8 Å². The van der Waals surface area contributed by atoms with Crippen molar-refractivity contribution in [2.45, 2.75) is 17.6 Å². The van der Waals surface area contributed by atoms with Crippen LogP contribution in [0.4, 0.5) is 0 Å². The maximum absolute atomic E-state index is 11.2. The van der Waals surface area contributed by atoms with E-state index in [0.717, 1.165) is 13.0 Å². The first kappa shape index (κ1) is 6.53. The third kappa shape index (κ3) is 0.926. The Labute approximate surface area is 65.0 Å². The lowest BCUT2D eigenvalue weighted by Gasteiger charge is -2.27. The standard InChI is InChI=1S/C7H11NOS/c1-8-3-2-7(5-10-7)4-6(8)9/h2-5H2,1H3. The van der Waals surface area contributed by atoms with E-state index in [4.69, 9.17) is 0 Å². The molecule has 2 nitrogen and oxygen atoms in total. The van der Waals surface area contributed by atoms with Crippen molar-refractivity contribution in [1.29, 1.82) is 0 Å². The molecule has 0 bridgehead atoms. The molecular weight excluding hydrogens is 146 g/mol. The zero-order chi connectivity index (χ0) is 7.19. The number of carbonyl (C=O) groups is 1. The predicted molar refractivity (Wildman–Crippen MR) is 42.1 cm³/mol. The van der Waals surface area contributed by atoms with E-state index in [9.17, 15) is 4.79 Å². The molecule has 1 amide bonds. The van der Waals surface area contributed by atoms with Gasteiger partial charge in [0.15, 0.2) is 0 Å². The molecular formula is C7H11NOS. The lowest BCUT2D eigenvalue weighted by Crippen LogP contribution is -2.38. The highest BCUT2D eigenvalue weighted by molar-refractivity contribution is 8.07. The van der Waals surface area contributed by atoms with Gasteiger partial charge in [-0.3, -0.25) is 4.79 Å². The van der Waals surface area contributed by atoms with Gasteiger partial charge < -0.3 is 4.90 Å². The van der Waals surface area contributed by atoms with Crippen LogP contribution in [0.15, 0.2) is 0 Å². The van der Waals surface area contributed by atoms with E-state index in [2.05, 4.69) is 0 Å². The number of carbonyl (C=O) groups excluding carboxylic acids is 1. The third-order valence-corrected chi connectivity index (χ3v) is 3.81. The highest BCUT2D eigenvalue weighted by atomic mass is 32.2. The molecule has 56 valence electrons. The monoisotopic (exact) mass is 157 g/mol. The number of rotatable bonds is 0. The van der Waals surface area contributed by atoms with Gasteiger partial charge in [0.1, 0.15) is 0 Å². The van der Waals surface area contributed by atoms with Crippen LogP contribution >= 0.6 is 11.8 Å². The second-order valence-corrected chi connectivity index (χ2v) is 4.66. The Kier molecular flexibility index (Phi) is 1.24. The number of hydrogen-bond acceptors (Lipinski definition) is 2. The average molecular weight is 157 g/mol. The van der Waals surface area contributed by atoms with Gasteiger partial charge in [-0.05, 0) is 6.42 Å². The molecule has 0 N–H and O–H groups in total. The minimum absolute atomic E-state index is 0.330. The van der Waals surface area contributed by atoms with Crippen LogP contribution in [-0.2, 0) is 4.79 Å². The number of thioether (sulfide) groups is 1. The van der Waals surface area contributed by atoms with Gasteiger partial charge >= 0.3 is 0 Å². The van der Waals surface area contributed by atoms with Crippen LogP contribution in [-0.4, -0.2) is 34.9 Å². The smallest absolute Gasteiger partial charge is 0.223 e. The lowest BCUT2D eigenvalue weighted by molar-refractivity contribution is -0.132. The molecule has 0 saturated carbocycles. The molecule has 2 aliphatic rings. The van der Waals surface area contributed by atoms with E-state index in [1.807, 2.05) is 23.7 Å². The van der Waals surface area contributed by atoms with E-state index in [-0.39, 0.29) is 0 Å². The van der Waals surface area contributed by atoms with Gasteiger partial charge in [-0.15, -0.1) is 0 Å². The van der Waals surface area contributed by atoms with Crippen LogP contribution in [0.5, 0.6) is 0 Å². The average Bonchev–Trinajstić information content (AvgIpc) is 2.62. The van der Waals surface area contributed by atoms with Crippen LogP contribution in [0, 0.1) is 0 Å². The summed E-state index contributed by atoms with van der Waals surface area (Å²) in [5, 5.41) is 0. The van der Waals surface area contributed by atoms with Gasteiger partial charge in [0.2, 0.25) is 5.91 Å². The van der Waals surface area contributed by atoms with Gasteiger partial charge in [-0.1, -0.05) is 0 Å². The molecule has 10 heavy (non-hydrogen) atoms. The fraction of sp³-hybridized carbons (Fsp3) is 0.857. The summed E-state index contributed by atoms with van der Waals surface area (Å²) < 4.78 is 0.406. The first-order valence-corrected chi connectivity index (χ1v) is 4.58. The Bertz CT molecular complexity index is 176. The largest absolute Gasteiger partial charge is 0.346 e. The molecule has 2 aliphatic heterocycles. The molecule has 2 fully saturated rings. The van der Waals surface area contributed by atoms with Crippen LogP contribution in [0.2, 0.25) is 0 Å². The van der Waals surface area contributed by atoms with Crippen molar-refractivity contribution in [3.8, 4) is 0 Å². The van der Waals surface area contributed by atoms with E-state index in [0.29, 0.717) is 10.7 Å². The fourth-order valence-electron chi connectivity index (χ4n) is 1.34. The summed E-state index contributed by atoms with van der Waals surface area (Å²) in [6.45, 7) is 0.964. The fourth-order valence-corrected chi connectivity index (χ4v) is 2.26. The van der Waals surface area contributed by atoms with Crippen molar-refractivity contribution in [1.82, 2.24) is 4.90 Å². The van der Waals surface area contributed by atoms with Gasteiger partial charge in [-0.25, -0.2) is 0 Å². The van der Waals surface area contributed by atoms with E-state index < -0.39 is 0 Å². The zero-order valence-corrected chi connectivity index (χ0v) is 6.91. The normalized spacial score (nSPS) is 38.9. The highest BCUT2D eigenvalue weighted by Gasteiger charge is 2.48. The van der Waals surface area contributed by atoms with E-state index in [1.165, 1.54) is 12.2 Å². The summed E-state index contributed by atoms with van der Waals surface area (Å²) in [7, 11) is 1.89. The molecule has 2 rings (SSSR count). The molecule has 1 unspecified atom stereocenters. The maximum atomic E-state index is 11.2. The van der Waals surface area contributed by atoms with Gasteiger partial charge in [0, 0.05) is 30.5 Å². The Morgan fingerprint density at radius 1 is 1.70 bits per heavy atom. The molecule has 2 saturated heterocycles. The molecule has 0 aliphatic carbocycles. The lowest BCUT2D eigenvalue weighted by atomic mass is 9.99. The van der Waals surface area contributed by atoms with Crippen molar-refractivity contribution in [3.63, 3.8) is 0 Å². The summed E-state index contributed by atoms with van der Waals surface area (Å²) in [6.07, 6.45) is 1.99. The van der Waals surface area contributed by atoms with Crippen LogP contribution in [0.25, 0.3) is 0 Å². The second kappa shape index (κ2) is 1.91. The van der Waals surface area contributed by atoms with Gasteiger partial charge in [0.25, 0.3) is 0 Å². The number of nitrogens with zero attached hydrogens (tertiary/aromatic N) is 1. The number of hydrogen-bond donors (Lipinski definition) is 0. The summed E-state index contributed by atoms with van der Waals surface area (Å²) in [5.74, 6) is 1.54. The Morgan fingerprint density at radius 2 is 2.40 bits per heavy atom. The Hall–Kier alpha value is -0.180. The molecule has 0 aromatic rings. The van der Waals surface area contributed by atoms with Crippen LogP contribution in [0.1, 0.15) is 12.8 Å². The van der Waals surface area contributed by atoms with Crippen molar-refractivity contribution in [3.05, 3.63) is 0 Å². The van der Waals surface area contributed by atoms with Crippen molar-refractivity contribution >= 4 is 17.7 Å². The summed E-state index contributed by atoms with van der Waals surface area (Å²) in [6, 6.07) is 0. The third-order valence-electron chi connectivity index (χ3n) is 2.35. The number of likely N-dealkylation sites (tertiary alicyclic amines) is 1. The predicted octanol–water partition coefficient (Wildman–Crippen LogP) is 0.724. The van der Waals surface area contributed by atoms with E-state index >= 15 is 0 Å². The molecule has 0 radical (unpaired) electrons. The first-order valence-electron chi connectivity index (χ1n) is 3.60. The molecule has 1 spiro atoms. The summed E-state index contributed by atoms with van der Waals surface area (Å²) in [4.78, 5) is 13.0.